The van der Waals surface area contributed by atoms with Gasteiger partial charge in [-0.3, -0.25) is 20.4 Å². The topological polar surface area (TPSA) is 76.7 Å². The average molecular weight is 342 g/mol. The van der Waals surface area contributed by atoms with E-state index in [4.69, 9.17) is 9.47 Å². The maximum atomic E-state index is 11.9. The molecule has 1 unspecified atom stereocenters. The number of amides is 2. The van der Waals surface area contributed by atoms with E-state index in [1.165, 1.54) is 7.11 Å². The van der Waals surface area contributed by atoms with Gasteiger partial charge in [-0.05, 0) is 23.6 Å². The molecule has 0 bridgehead atoms. The molecule has 0 radical (unpaired) electrons. The summed E-state index contributed by atoms with van der Waals surface area (Å²) in [7, 11) is 1.52. The van der Waals surface area contributed by atoms with E-state index in [9.17, 15) is 9.59 Å². The van der Waals surface area contributed by atoms with Gasteiger partial charge in [0.2, 0.25) is 5.91 Å². The van der Waals surface area contributed by atoms with Crippen molar-refractivity contribution < 1.29 is 19.1 Å². The summed E-state index contributed by atoms with van der Waals surface area (Å²) in [6.07, 6.45) is 0.275. The van der Waals surface area contributed by atoms with Crippen molar-refractivity contribution in [3.63, 3.8) is 0 Å². The number of hydrogen-bond donors (Lipinski definition) is 2. The molecule has 2 aromatic carbocycles. The van der Waals surface area contributed by atoms with Gasteiger partial charge in [0.15, 0.2) is 18.1 Å². The van der Waals surface area contributed by atoms with Crippen LogP contribution in [0.3, 0.4) is 0 Å². The largest absolute Gasteiger partial charge is 0.493 e. The van der Waals surface area contributed by atoms with Gasteiger partial charge in [0, 0.05) is 6.42 Å². The van der Waals surface area contributed by atoms with E-state index >= 15 is 0 Å². The van der Waals surface area contributed by atoms with Gasteiger partial charge < -0.3 is 9.47 Å². The van der Waals surface area contributed by atoms with Gasteiger partial charge >= 0.3 is 0 Å². The van der Waals surface area contributed by atoms with Crippen molar-refractivity contribution in [2.24, 2.45) is 0 Å². The second-order valence-electron chi connectivity index (χ2n) is 5.55. The first-order valence-electron chi connectivity index (χ1n) is 7.98. The van der Waals surface area contributed by atoms with Crippen molar-refractivity contribution in [2.75, 3.05) is 13.7 Å². The summed E-state index contributed by atoms with van der Waals surface area (Å²) in [4.78, 5) is 23.7. The minimum Gasteiger partial charge on any atom is -0.493 e. The summed E-state index contributed by atoms with van der Waals surface area (Å²) in [6.45, 7) is 1.73. The molecule has 25 heavy (non-hydrogen) atoms. The molecular formula is C19H22N2O4. The molecule has 2 rings (SSSR count). The lowest BCUT2D eigenvalue weighted by Gasteiger charge is -2.13. The Morgan fingerprint density at radius 2 is 1.52 bits per heavy atom. The van der Waals surface area contributed by atoms with Crippen LogP contribution in [0, 0.1) is 0 Å². The highest BCUT2D eigenvalue weighted by Crippen LogP contribution is 2.25. The van der Waals surface area contributed by atoms with Crippen molar-refractivity contribution in [3.05, 3.63) is 60.2 Å². The standard InChI is InChI=1S/C19H22N2O4/c1-14(15-8-4-3-5-9-15)12-18(22)20-21-19(23)13-25-17-11-7-6-10-16(17)24-2/h3-11,14H,12-13H2,1-2H3,(H,20,22)(H,21,23). The molecule has 6 heteroatoms. The molecule has 0 aliphatic rings. The normalized spacial score (nSPS) is 11.3. The lowest BCUT2D eigenvalue weighted by atomic mass is 9.98. The smallest absolute Gasteiger partial charge is 0.276 e. The molecule has 0 saturated heterocycles. The van der Waals surface area contributed by atoms with Gasteiger partial charge in [-0.1, -0.05) is 49.4 Å². The highest BCUT2D eigenvalue weighted by molar-refractivity contribution is 5.83. The zero-order valence-corrected chi connectivity index (χ0v) is 14.3. The summed E-state index contributed by atoms with van der Waals surface area (Å²) < 4.78 is 10.5. The number of carbonyl (C=O) groups excluding carboxylic acids is 2. The monoisotopic (exact) mass is 342 g/mol. The number of hydrazine groups is 1. The first-order chi connectivity index (χ1) is 12.1. The van der Waals surface area contributed by atoms with E-state index in [0.29, 0.717) is 11.5 Å². The highest BCUT2D eigenvalue weighted by atomic mass is 16.5. The van der Waals surface area contributed by atoms with Crippen LogP contribution in [0.15, 0.2) is 54.6 Å². The summed E-state index contributed by atoms with van der Waals surface area (Å²) in [5, 5.41) is 0. The van der Waals surface area contributed by atoms with Crippen LogP contribution in [0.1, 0.15) is 24.8 Å². The molecule has 2 aromatic rings. The van der Waals surface area contributed by atoms with E-state index in [1.54, 1.807) is 24.3 Å². The molecule has 6 nitrogen and oxygen atoms in total. The predicted octanol–water partition coefficient (Wildman–Crippen LogP) is 2.42. The molecule has 1 atom stereocenters. The van der Waals surface area contributed by atoms with Crippen molar-refractivity contribution >= 4 is 11.8 Å². The van der Waals surface area contributed by atoms with Crippen molar-refractivity contribution in [2.45, 2.75) is 19.3 Å². The Balaban J connectivity index is 1.73. The number of hydrogen-bond acceptors (Lipinski definition) is 4. The fourth-order valence-corrected chi connectivity index (χ4v) is 2.29. The van der Waals surface area contributed by atoms with Gasteiger partial charge in [0.05, 0.1) is 7.11 Å². The zero-order chi connectivity index (χ0) is 18.1. The van der Waals surface area contributed by atoms with Crippen molar-refractivity contribution in [3.8, 4) is 11.5 Å². The minimum atomic E-state index is -0.452. The van der Waals surface area contributed by atoms with Gasteiger partial charge in [0.25, 0.3) is 5.91 Å². The molecule has 0 fully saturated rings. The summed E-state index contributed by atoms with van der Waals surface area (Å²) in [5.74, 6) is 0.344. The molecule has 0 heterocycles. The van der Waals surface area contributed by atoms with E-state index in [1.807, 2.05) is 37.3 Å². The predicted molar refractivity (Wildman–Crippen MR) is 94.2 cm³/mol. The molecule has 0 saturated carbocycles. The Bertz CT molecular complexity index is 704. The molecule has 0 aliphatic heterocycles. The van der Waals surface area contributed by atoms with Crippen LogP contribution < -0.4 is 20.3 Å². The molecule has 0 spiro atoms. The Morgan fingerprint density at radius 3 is 2.20 bits per heavy atom. The van der Waals surface area contributed by atoms with Gasteiger partial charge in [-0.15, -0.1) is 0 Å². The first kappa shape index (κ1) is 18.3. The molecular weight excluding hydrogens is 320 g/mol. The average Bonchev–Trinajstić information content (AvgIpc) is 2.65. The third-order valence-corrected chi connectivity index (χ3v) is 3.63. The Morgan fingerprint density at radius 1 is 0.920 bits per heavy atom. The SMILES string of the molecule is COc1ccccc1OCC(=O)NNC(=O)CC(C)c1ccccc1. The van der Waals surface area contributed by atoms with E-state index < -0.39 is 5.91 Å². The summed E-state index contributed by atoms with van der Waals surface area (Å²) in [5.41, 5.74) is 5.81. The van der Waals surface area contributed by atoms with E-state index in [2.05, 4.69) is 10.9 Å². The van der Waals surface area contributed by atoms with Crippen LogP contribution in [-0.4, -0.2) is 25.5 Å². The van der Waals surface area contributed by atoms with Crippen LogP contribution in [0.2, 0.25) is 0 Å². The number of ether oxygens (including phenoxy) is 2. The maximum absolute atomic E-state index is 11.9. The van der Waals surface area contributed by atoms with Crippen molar-refractivity contribution in [1.29, 1.82) is 0 Å². The molecule has 132 valence electrons. The first-order valence-corrected chi connectivity index (χ1v) is 7.98. The fraction of sp³-hybridized carbons (Fsp3) is 0.263. The van der Waals surface area contributed by atoms with Gasteiger partial charge in [-0.2, -0.15) is 0 Å². The molecule has 2 N–H and O–H groups in total. The molecule has 0 aromatic heterocycles. The number of para-hydroxylation sites is 2. The maximum Gasteiger partial charge on any atom is 0.276 e. The zero-order valence-electron chi connectivity index (χ0n) is 14.3. The van der Waals surface area contributed by atoms with Crippen LogP contribution >= 0.6 is 0 Å². The van der Waals surface area contributed by atoms with Crippen LogP contribution in [0.25, 0.3) is 0 Å². The van der Waals surface area contributed by atoms with Crippen LogP contribution in [0.4, 0.5) is 0 Å². The van der Waals surface area contributed by atoms with E-state index in [-0.39, 0.29) is 24.9 Å². The second-order valence-corrected chi connectivity index (χ2v) is 5.55. The third-order valence-electron chi connectivity index (χ3n) is 3.63. The van der Waals surface area contributed by atoms with Crippen molar-refractivity contribution in [1.82, 2.24) is 10.9 Å². The number of nitrogens with one attached hydrogen (secondary N) is 2. The minimum absolute atomic E-state index is 0.0583. The highest BCUT2D eigenvalue weighted by Gasteiger charge is 2.12. The second kappa shape index (κ2) is 9.32. The summed E-state index contributed by atoms with van der Waals surface area (Å²) in [6, 6.07) is 16.8. The Labute approximate surface area is 147 Å². The lowest BCUT2D eigenvalue weighted by Crippen LogP contribution is -2.44. The molecule has 0 aliphatic carbocycles. The number of rotatable bonds is 7. The van der Waals surface area contributed by atoms with Gasteiger partial charge in [0.1, 0.15) is 0 Å². The Hall–Kier alpha value is -3.02. The third kappa shape index (κ3) is 5.84. The quantitative estimate of drug-likeness (QED) is 0.758. The fourth-order valence-electron chi connectivity index (χ4n) is 2.29. The summed E-state index contributed by atoms with van der Waals surface area (Å²) >= 11 is 0. The lowest BCUT2D eigenvalue weighted by molar-refractivity contribution is -0.130. The number of benzene rings is 2. The molecule has 2 amide bonds. The number of methoxy groups -OCH3 is 1. The Kier molecular flexibility index (Phi) is 6.83. The van der Waals surface area contributed by atoms with Crippen LogP contribution in [0.5, 0.6) is 11.5 Å². The van der Waals surface area contributed by atoms with E-state index in [0.717, 1.165) is 5.56 Å². The van der Waals surface area contributed by atoms with Gasteiger partial charge in [-0.25, -0.2) is 0 Å². The van der Waals surface area contributed by atoms with Crippen LogP contribution in [-0.2, 0) is 9.59 Å². The number of carbonyl (C=O) groups is 2.